The highest BCUT2D eigenvalue weighted by Crippen LogP contribution is 2.48. The monoisotopic (exact) mass is 587 g/mol. The third-order valence-electron chi connectivity index (χ3n) is 8.72. The Hall–Kier alpha value is -3.79. The van der Waals surface area contributed by atoms with Crippen LogP contribution in [0.15, 0.2) is 60.8 Å². The van der Waals surface area contributed by atoms with E-state index in [1.807, 2.05) is 32.0 Å². The van der Waals surface area contributed by atoms with Gasteiger partial charge in [0.1, 0.15) is 5.82 Å². The number of fused-ring (bicyclic) bond motifs is 1. The first-order valence-electron chi connectivity index (χ1n) is 14.0. The lowest BCUT2D eigenvalue weighted by atomic mass is 9.66. The highest BCUT2D eigenvalue weighted by Gasteiger charge is 2.50. The van der Waals surface area contributed by atoms with Crippen molar-refractivity contribution in [3.63, 3.8) is 0 Å². The Morgan fingerprint density at radius 3 is 2.57 bits per heavy atom. The fourth-order valence-corrected chi connectivity index (χ4v) is 6.37. The van der Waals surface area contributed by atoms with Crippen LogP contribution in [0.5, 0.6) is 0 Å². The third-order valence-corrected chi connectivity index (χ3v) is 8.93. The molecule has 2 aliphatic rings. The Balaban J connectivity index is 1.22. The predicted octanol–water partition coefficient (Wildman–Crippen LogP) is 5.12. The van der Waals surface area contributed by atoms with Gasteiger partial charge < -0.3 is 5.11 Å². The average molecular weight is 588 g/mol. The summed E-state index contributed by atoms with van der Waals surface area (Å²) in [6, 6.07) is 16.6. The van der Waals surface area contributed by atoms with Gasteiger partial charge in [-0.3, -0.25) is 24.8 Å². The van der Waals surface area contributed by atoms with Crippen LogP contribution >= 0.6 is 11.6 Å². The van der Waals surface area contributed by atoms with Gasteiger partial charge in [0.2, 0.25) is 11.8 Å². The largest absolute Gasteiger partial charge is 0.384 e. The minimum absolute atomic E-state index is 0.225. The summed E-state index contributed by atoms with van der Waals surface area (Å²) in [4.78, 5) is 30.7. The molecule has 2 saturated heterocycles. The normalized spacial score (nSPS) is 22.7. The van der Waals surface area contributed by atoms with Crippen LogP contribution in [-0.2, 0) is 21.7 Å². The number of rotatable bonds is 5. The summed E-state index contributed by atoms with van der Waals surface area (Å²) >= 11 is 5.85. The smallest absolute Gasteiger partial charge is 0.234 e. The maximum atomic E-state index is 16.2. The number of halogens is 2. The Morgan fingerprint density at radius 2 is 1.88 bits per heavy atom. The number of benzene rings is 2. The van der Waals surface area contributed by atoms with Crippen LogP contribution in [0.3, 0.4) is 0 Å². The third kappa shape index (κ3) is 5.17. The Kier molecular flexibility index (Phi) is 7.29. The number of hydrogen-bond acceptors (Lipinski definition) is 7. The molecule has 10 heteroatoms. The topological polar surface area (TPSA) is 108 Å². The van der Waals surface area contributed by atoms with Crippen LogP contribution in [0.4, 0.5) is 4.39 Å². The van der Waals surface area contributed by atoms with Crippen LogP contribution in [0.1, 0.15) is 55.7 Å². The quantitative estimate of drug-likeness (QED) is 0.312. The summed E-state index contributed by atoms with van der Waals surface area (Å²) in [5, 5.41) is 23.0. The molecule has 2 N–H and O–H groups in total. The number of carbonyl (C=O) groups excluding carboxylic acids is 2. The van der Waals surface area contributed by atoms with Crippen LogP contribution in [0, 0.1) is 11.2 Å². The van der Waals surface area contributed by atoms with E-state index in [1.165, 1.54) is 0 Å². The van der Waals surface area contributed by atoms with Gasteiger partial charge in [0.25, 0.3) is 0 Å². The molecule has 8 nitrogen and oxygen atoms in total. The van der Waals surface area contributed by atoms with Gasteiger partial charge in [-0.1, -0.05) is 55.8 Å². The molecule has 2 atom stereocenters. The van der Waals surface area contributed by atoms with E-state index >= 15 is 4.39 Å². The number of amides is 2. The van der Waals surface area contributed by atoms with Crippen molar-refractivity contribution in [1.29, 1.82) is 0 Å². The van der Waals surface area contributed by atoms with Crippen LogP contribution in [-0.4, -0.2) is 50.1 Å². The number of carbonyl (C=O) groups is 2. The molecule has 2 aromatic heterocycles. The zero-order chi connectivity index (χ0) is 29.6. The maximum Gasteiger partial charge on any atom is 0.234 e. The second-order valence-corrected chi connectivity index (χ2v) is 12.3. The Morgan fingerprint density at radius 1 is 1.10 bits per heavy atom. The standard InChI is InChI=1S/C32H31ClFN5O3/c1-31(2)18-39(17-19-3-5-20(6-4-19)25-10-11-27(33)38-37-25)14-13-32(31,42)24-8-9-26-23(29(24)34)15-21(16-35-26)22-7-12-28(40)36-30(22)41/h3-6,8-11,15-16,22,42H,7,12-14,17-18H2,1-2H3,(H,36,40,41)/t22-,32+/m0/s1. The molecule has 2 aromatic carbocycles. The van der Waals surface area contributed by atoms with E-state index in [9.17, 15) is 14.7 Å². The number of hydrogen-bond donors (Lipinski definition) is 2. The van der Waals surface area contributed by atoms with Crippen LogP contribution < -0.4 is 5.32 Å². The fourth-order valence-electron chi connectivity index (χ4n) is 6.27. The molecule has 42 heavy (non-hydrogen) atoms. The molecule has 0 saturated carbocycles. The van der Waals surface area contributed by atoms with Crippen LogP contribution in [0.2, 0.25) is 5.15 Å². The molecule has 0 unspecified atom stereocenters. The van der Waals surface area contributed by atoms with Gasteiger partial charge >= 0.3 is 0 Å². The summed E-state index contributed by atoms with van der Waals surface area (Å²) in [5.41, 5.74) is 1.95. The zero-order valence-corrected chi connectivity index (χ0v) is 24.2. The molecule has 4 aromatic rings. The molecule has 216 valence electrons. The number of nitrogens with zero attached hydrogens (tertiary/aromatic N) is 4. The lowest BCUT2D eigenvalue weighted by Gasteiger charge is -2.50. The van der Waals surface area contributed by atoms with Gasteiger partial charge in [0, 0.05) is 54.2 Å². The Labute approximate surface area is 247 Å². The van der Waals surface area contributed by atoms with E-state index in [4.69, 9.17) is 11.6 Å². The summed E-state index contributed by atoms with van der Waals surface area (Å²) in [6.45, 7) is 5.74. The van der Waals surface area contributed by atoms with Gasteiger partial charge in [-0.25, -0.2) is 4.39 Å². The highest BCUT2D eigenvalue weighted by molar-refractivity contribution is 6.29. The number of aliphatic hydroxyl groups is 1. The van der Waals surface area contributed by atoms with Crippen molar-refractivity contribution in [2.24, 2.45) is 5.41 Å². The van der Waals surface area contributed by atoms with Crippen molar-refractivity contribution in [1.82, 2.24) is 25.4 Å². The van der Waals surface area contributed by atoms with E-state index in [0.29, 0.717) is 48.7 Å². The molecule has 0 spiro atoms. The van der Waals surface area contributed by atoms with Crippen molar-refractivity contribution < 1.29 is 19.1 Å². The van der Waals surface area contributed by atoms with Crippen LogP contribution in [0.25, 0.3) is 22.2 Å². The van der Waals surface area contributed by atoms with Gasteiger partial charge in [0.15, 0.2) is 5.15 Å². The first-order chi connectivity index (χ1) is 20.0. The number of imide groups is 1. The van der Waals surface area contributed by atoms with E-state index < -0.39 is 28.7 Å². The summed E-state index contributed by atoms with van der Waals surface area (Å²) in [5.74, 6) is -1.80. The van der Waals surface area contributed by atoms with Crippen molar-refractivity contribution in [2.75, 3.05) is 13.1 Å². The maximum absolute atomic E-state index is 16.2. The van der Waals surface area contributed by atoms with Crippen molar-refractivity contribution in [2.45, 2.75) is 51.2 Å². The van der Waals surface area contributed by atoms with Gasteiger partial charge in [-0.15, -0.1) is 10.2 Å². The minimum atomic E-state index is -1.41. The molecule has 2 aliphatic heterocycles. The number of likely N-dealkylation sites (tertiary alicyclic amines) is 1. The van der Waals surface area contributed by atoms with E-state index in [-0.39, 0.29) is 23.3 Å². The molecule has 4 heterocycles. The van der Waals surface area contributed by atoms with E-state index in [2.05, 4.69) is 37.5 Å². The van der Waals surface area contributed by atoms with Gasteiger partial charge in [0.05, 0.1) is 22.7 Å². The summed E-state index contributed by atoms with van der Waals surface area (Å²) in [6.07, 6.45) is 2.49. The molecular formula is C32H31ClFN5O3. The van der Waals surface area contributed by atoms with Crippen molar-refractivity contribution in [3.05, 3.63) is 88.5 Å². The second kappa shape index (κ2) is 10.8. The first-order valence-corrected chi connectivity index (χ1v) is 14.4. The SMILES string of the molecule is CC1(C)CN(Cc2ccc(-c3ccc(Cl)nn3)cc2)CC[C@@]1(O)c1ccc2ncc([C@@H]3CCC(=O)NC3=O)cc2c1F. The summed E-state index contributed by atoms with van der Waals surface area (Å²) in [7, 11) is 0. The lowest BCUT2D eigenvalue weighted by Crippen LogP contribution is -2.55. The highest BCUT2D eigenvalue weighted by atomic mass is 35.5. The molecule has 6 rings (SSSR count). The zero-order valence-electron chi connectivity index (χ0n) is 23.4. The Bertz CT molecular complexity index is 1680. The molecule has 2 fully saturated rings. The first kappa shape index (κ1) is 28.3. The van der Waals surface area contributed by atoms with E-state index in [1.54, 1.807) is 30.5 Å². The molecule has 0 radical (unpaired) electrons. The van der Waals surface area contributed by atoms with E-state index in [0.717, 1.165) is 16.8 Å². The number of piperidine rings is 2. The fraction of sp³-hybridized carbons (Fsp3) is 0.344. The van der Waals surface area contributed by atoms with Gasteiger partial charge in [-0.05, 0) is 48.2 Å². The second-order valence-electron chi connectivity index (χ2n) is 11.9. The number of pyridine rings is 1. The molecule has 0 aliphatic carbocycles. The number of aromatic nitrogens is 3. The number of nitrogens with one attached hydrogen (secondary N) is 1. The predicted molar refractivity (Wildman–Crippen MR) is 157 cm³/mol. The molecular weight excluding hydrogens is 557 g/mol. The van der Waals surface area contributed by atoms with Crippen molar-refractivity contribution >= 4 is 34.3 Å². The molecule has 0 bridgehead atoms. The minimum Gasteiger partial charge on any atom is -0.384 e. The van der Waals surface area contributed by atoms with Crippen molar-refractivity contribution in [3.8, 4) is 11.3 Å². The van der Waals surface area contributed by atoms with Gasteiger partial charge in [-0.2, -0.15) is 0 Å². The summed E-state index contributed by atoms with van der Waals surface area (Å²) < 4.78 is 16.2. The average Bonchev–Trinajstić information content (AvgIpc) is 2.96. The molecule has 2 amide bonds. The lowest BCUT2D eigenvalue weighted by molar-refractivity contribution is -0.134.